The first kappa shape index (κ1) is 18.6. The van der Waals surface area contributed by atoms with Crippen molar-refractivity contribution in [3.63, 3.8) is 0 Å². The number of carbonyl (C=O) groups is 1. The highest BCUT2D eigenvalue weighted by Gasteiger charge is 2.25. The van der Waals surface area contributed by atoms with Gasteiger partial charge in [0.1, 0.15) is 11.5 Å². The van der Waals surface area contributed by atoms with Crippen LogP contribution in [0.1, 0.15) is 15.9 Å². The van der Waals surface area contributed by atoms with E-state index in [4.69, 9.17) is 9.47 Å². The van der Waals surface area contributed by atoms with Crippen molar-refractivity contribution < 1.29 is 31.8 Å². The molecule has 0 spiro atoms. The van der Waals surface area contributed by atoms with E-state index in [-0.39, 0.29) is 6.54 Å². The molecule has 0 N–H and O–H groups in total. The SMILES string of the molecule is COc1ccc(CN(C)C(=O)c2cc(F)c(F)c(F)c2F)c(OC)c1. The summed E-state index contributed by atoms with van der Waals surface area (Å²) in [7, 11) is 4.21. The van der Waals surface area contributed by atoms with Gasteiger partial charge < -0.3 is 14.4 Å². The van der Waals surface area contributed by atoms with Crippen LogP contribution in [0.4, 0.5) is 17.6 Å². The Morgan fingerprint density at radius 3 is 2.28 bits per heavy atom. The Hall–Kier alpha value is -2.77. The summed E-state index contributed by atoms with van der Waals surface area (Å²) in [6, 6.07) is 5.18. The molecule has 4 nitrogen and oxygen atoms in total. The molecule has 2 aromatic rings. The van der Waals surface area contributed by atoms with E-state index in [2.05, 4.69) is 0 Å². The van der Waals surface area contributed by atoms with Crippen LogP contribution in [0.5, 0.6) is 11.5 Å². The predicted octanol–water partition coefficient (Wildman–Crippen LogP) is 3.53. The summed E-state index contributed by atoms with van der Waals surface area (Å²) >= 11 is 0. The van der Waals surface area contributed by atoms with Crippen molar-refractivity contribution in [2.45, 2.75) is 6.54 Å². The molecule has 0 atom stereocenters. The molecule has 8 heteroatoms. The van der Waals surface area contributed by atoms with Crippen LogP contribution in [-0.4, -0.2) is 32.1 Å². The fraction of sp³-hybridized carbons (Fsp3) is 0.235. The van der Waals surface area contributed by atoms with Crippen molar-refractivity contribution in [2.24, 2.45) is 0 Å². The van der Waals surface area contributed by atoms with E-state index < -0.39 is 34.7 Å². The normalized spacial score (nSPS) is 10.5. The Morgan fingerprint density at radius 2 is 1.68 bits per heavy atom. The number of nitrogens with zero attached hydrogens (tertiary/aromatic N) is 1. The minimum atomic E-state index is -2.03. The van der Waals surface area contributed by atoms with Crippen molar-refractivity contribution in [2.75, 3.05) is 21.3 Å². The van der Waals surface area contributed by atoms with Gasteiger partial charge in [-0.1, -0.05) is 0 Å². The summed E-state index contributed by atoms with van der Waals surface area (Å²) < 4.78 is 63.6. The molecule has 2 rings (SSSR count). The van der Waals surface area contributed by atoms with Crippen LogP contribution >= 0.6 is 0 Å². The summed E-state index contributed by atoms with van der Waals surface area (Å²) in [4.78, 5) is 13.3. The fourth-order valence-corrected chi connectivity index (χ4v) is 2.24. The lowest BCUT2D eigenvalue weighted by atomic mass is 10.1. The van der Waals surface area contributed by atoms with E-state index in [1.165, 1.54) is 21.3 Å². The standard InChI is InChI=1S/C17H15F4NO3/c1-22(8-9-4-5-10(24-2)6-13(9)25-3)17(23)11-7-12(18)15(20)16(21)14(11)19/h4-7H,8H2,1-3H3. The van der Waals surface area contributed by atoms with Crippen LogP contribution in [-0.2, 0) is 6.54 Å². The molecule has 0 aliphatic rings. The molecule has 0 saturated heterocycles. The van der Waals surface area contributed by atoms with E-state index in [0.717, 1.165) is 4.90 Å². The molecular formula is C17H15F4NO3. The van der Waals surface area contributed by atoms with Gasteiger partial charge in [0.05, 0.1) is 19.8 Å². The quantitative estimate of drug-likeness (QED) is 0.467. The highest BCUT2D eigenvalue weighted by molar-refractivity contribution is 5.94. The van der Waals surface area contributed by atoms with Crippen LogP contribution in [0.25, 0.3) is 0 Å². The first-order chi connectivity index (χ1) is 11.8. The van der Waals surface area contributed by atoms with Crippen LogP contribution in [0, 0.1) is 23.3 Å². The first-order valence-corrected chi connectivity index (χ1v) is 7.09. The van der Waals surface area contributed by atoms with Gasteiger partial charge in [0.2, 0.25) is 0 Å². The Morgan fingerprint density at radius 1 is 1.00 bits per heavy atom. The number of halogens is 4. The van der Waals surface area contributed by atoms with Crippen LogP contribution < -0.4 is 9.47 Å². The van der Waals surface area contributed by atoms with Crippen molar-refractivity contribution in [1.82, 2.24) is 4.90 Å². The van der Waals surface area contributed by atoms with Gasteiger partial charge in [0, 0.05) is 25.2 Å². The lowest BCUT2D eigenvalue weighted by Crippen LogP contribution is -2.28. The third-order valence-corrected chi connectivity index (χ3v) is 3.58. The van der Waals surface area contributed by atoms with E-state index >= 15 is 0 Å². The topological polar surface area (TPSA) is 38.8 Å². The number of ether oxygens (including phenoxy) is 2. The summed E-state index contributed by atoms with van der Waals surface area (Å²) in [5, 5.41) is 0. The summed E-state index contributed by atoms with van der Waals surface area (Å²) in [5.74, 6) is -7.44. The zero-order valence-electron chi connectivity index (χ0n) is 13.7. The maximum Gasteiger partial charge on any atom is 0.257 e. The van der Waals surface area contributed by atoms with Gasteiger partial charge in [0.15, 0.2) is 23.3 Å². The van der Waals surface area contributed by atoms with Crippen LogP contribution in [0.3, 0.4) is 0 Å². The van der Waals surface area contributed by atoms with Gasteiger partial charge in [-0.15, -0.1) is 0 Å². The second kappa shape index (κ2) is 7.42. The van der Waals surface area contributed by atoms with Gasteiger partial charge in [0.25, 0.3) is 5.91 Å². The Labute approximate surface area is 141 Å². The number of hydrogen-bond acceptors (Lipinski definition) is 3. The molecule has 0 saturated carbocycles. The number of methoxy groups -OCH3 is 2. The summed E-state index contributed by atoms with van der Waals surface area (Å²) in [6.07, 6.45) is 0. The Bertz CT molecular complexity index is 811. The smallest absolute Gasteiger partial charge is 0.257 e. The number of carbonyl (C=O) groups excluding carboxylic acids is 1. The fourth-order valence-electron chi connectivity index (χ4n) is 2.24. The van der Waals surface area contributed by atoms with Crippen LogP contribution in [0.15, 0.2) is 24.3 Å². The highest BCUT2D eigenvalue weighted by atomic mass is 19.2. The Balaban J connectivity index is 2.30. The molecule has 2 aromatic carbocycles. The third kappa shape index (κ3) is 3.67. The van der Waals surface area contributed by atoms with E-state index in [1.54, 1.807) is 18.2 Å². The second-order valence-corrected chi connectivity index (χ2v) is 5.19. The summed E-state index contributed by atoms with van der Waals surface area (Å²) in [5.41, 5.74) is -0.339. The van der Waals surface area contributed by atoms with E-state index in [9.17, 15) is 22.4 Å². The minimum absolute atomic E-state index is 0.0357. The van der Waals surface area contributed by atoms with E-state index in [0.29, 0.717) is 23.1 Å². The molecule has 0 aliphatic carbocycles. The van der Waals surface area contributed by atoms with Gasteiger partial charge in [-0.3, -0.25) is 4.79 Å². The van der Waals surface area contributed by atoms with Crippen molar-refractivity contribution in [1.29, 1.82) is 0 Å². The lowest BCUT2D eigenvalue weighted by molar-refractivity contribution is 0.0777. The maximum absolute atomic E-state index is 13.8. The number of rotatable bonds is 5. The minimum Gasteiger partial charge on any atom is -0.497 e. The first-order valence-electron chi connectivity index (χ1n) is 7.09. The molecule has 134 valence electrons. The highest BCUT2D eigenvalue weighted by Crippen LogP contribution is 2.26. The van der Waals surface area contributed by atoms with Crippen molar-refractivity contribution >= 4 is 5.91 Å². The Kier molecular flexibility index (Phi) is 5.51. The summed E-state index contributed by atoms with van der Waals surface area (Å²) in [6.45, 7) is -0.0357. The largest absolute Gasteiger partial charge is 0.497 e. The van der Waals surface area contributed by atoms with Crippen molar-refractivity contribution in [3.8, 4) is 11.5 Å². The zero-order valence-corrected chi connectivity index (χ0v) is 13.7. The molecule has 25 heavy (non-hydrogen) atoms. The van der Waals surface area contributed by atoms with Crippen molar-refractivity contribution in [3.05, 3.63) is 58.7 Å². The maximum atomic E-state index is 13.8. The molecular weight excluding hydrogens is 342 g/mol. The van der Waals surface area contributed by atoms with Gasteiger partial charge in [-0.25, -0.2) is 17.6 Å². The molecule has 0 radical (unpaired) electrons. The average molecular weight is 357 g/mol. The molecule has 0 unspecified atom stereocenters. The molecule has 1 amide bonds. The monoisotopic (exact) mass is 357 g/mol. The zero-order chi connectivity index (χ0) is 18.7. The van der Waals surface area contributed by atoms with Gasteiger partial charge in [-0.05, 0) is 18.2 Å². The van der Waals surface area contributed by atoms with Crippen LogP contribution in [0.2, 0.25) is 0 Å². The lowest BCUT2D eigenvalue weighted by Gasteiger charge is -2.20. The average Bonchev–Trinajstić information content (AvgIpc) is 2.62. The van der Waals surface area contributed by atoms with Gasteiger partial charge in [-0.2, -0.15) is 0 Å². The van der Waals surface area contributed by atoms with Gasteiger partial charge >= 0.3 is 0 Å². The molecule has 0 heterocycles. The number of amides is 1. The molecule has 0 bridgehead atoms. The third-order valence-electron chi connectivity index (χ3n) is 3.58. The molecule has 0 fully saturated rings. The predicted molar refractivity (Wildman–Crippen MR) is 81.6 cm³/mol. The number of benzene rings is 2. The van der Waals surface area contributed by atoms with E-state index in [1.807, 2.05) is 0 Å². The second-order valence-electron chi connectivity index (χ2n) is 5.19. The molecule has 0 aliphatic heterocycles. The number of hydrogen-bond donors (Lipinski definition) is 0. The molecule has 0 aromatic heterocycles.